The maximum Gasteiger partial charge on any atom is 0.164 e. The molecule has 0 saturated carbocycles. The van der Waals surface area contributed by atoms with Gasteiger partial charge in [-0.05, 0) is 24.6 Å². The smallest absolute Gasteiger partial charge is 0.164 e. The molecule has 22 heavy (non-hydrogen) atoms. The zero-order valence-electron chi connectivity index (χ0n) is 12.3. The van der Waals surface area contributed by atoms with Crippen molar-refractivity contribution >= 4 is 12.4 Å². The molecule has 6 heteroatoms. The van der Waals surface area contributed by atoms with Crippen molar-refractivity contribution in [3.63, 3.8) is 0 Å². The Labute approximate surface area is 134 Å². The molecule has 2 aromatic rings. The fourth-order valence-corrected chi connectivity index (χ4v) is 2.79. The van der Waals surface area contributed by atoms with Crippen molar-refractivity contribution in [2.45, 2.75) is 13.0 Å². The SMILES string of the molecule is Cc1ccc([C@@H](c2ccco2)N2CCNCC2)c(F)c1F.Cl. The van der Waals surface area contributed by atoms with Crippen LogP contribution in [0.15, 0.2) is 34.9 Å². The molecule has 0 bridgehead atoms. The second-order valence-electron chi connectivity index (χ2n) is 5.30. The van der Waals surface area contributed by atoms with Crippen molar-refractivity contribution in [1.29, 1.82) is 0 Å². The van der Waals surface area contributed by atoms with Gasteiger partial charge in [0.1, 0.15) is 5.76 Å². The first kappa shape index (κ1) is 16.9. The van der Waals surface area contributed by atoms with Gasteiger partial charge in [0.05, 0.1) is 12.3 Å². The van der Waals surface area contributed by atoms with Crippen molar-refractivity contribution in [2.75, 3.05) is 26.2 Å². The minimum Gasteiger partial charge on any atom is -0.467 e. The standard InChI is InChI=1S/C16H18F2N2O.ClH/c1-11-4-5-12(15(18)14(11)17)16(13-3-2-10-21-13)20-8-6-19-7-9-20;/h2-5,10,16,19H,6-9H2,1H3;1H/t16-;/m0./s1. The fraction of sp³-hybridized carbons (Fsp3) is 0.375. The lowest BCUT2D eigenvalue weighted by atomic mass is 9.99. The van der Waals surface area contributed by atoms with E-state index in [0.717, 1.165) is 26.2 Å². The first-order valence-corrected chi connectivity index (χ1v) is 7.11. The van der Waals surface area contributed by atoms with Crippen LogP contribution in [0.4, 0.5) is 8.78 Å². The summed E-state index contributed by atoms with van der Waals surface area (Å²) >= 11 is 0. The zero-order valence-corrected chi connectivity index (χ0v) is 13.1. The molecule has 1 aromatic heterocycles. The van der Waals surface area contributed by atoms with E-state index in [1.807, 2.05) is 6.07 Å². The molecule has 3 rings (SSSR count). The third-order valence-corrected chi connectivity index (χ3v) is 3.93. The summed E-state index contributed by atoms with van der Waals surface area (Å²) in [5.74, 6) is -0.923. The van der Waals surface area contributed by atoms with Crippen molar-refractivity contribution < 1.29 is 13.2 Å². The Hall–Kier alpha value is -1.43. The van der Waals surface area contributed by atoms with Crippen molar-refractivity contribution in [3.8, 4) is 0 Å². The topological polar surface area (TPSA) is 28.4 Å². The molecule has 1 N–H and O–H groups in total. The van der Waals surface area contributed by atoms with Crippen LogP contribution in [0.3, 0.4) is 0 Å². The second-order valence-corrected chi connectivity index (χ2v) is 5.30. The first-order chi connectivity index (χ1) is 10.2. The monoisotopic (exact) mass is 328 g/mol. The van der Waals surface area contributed by atoms with E-state index < -0.39 is 17.7 Å². The second kappa shape index (κ2) is 7.22. The number of halogens is 3. The van der Waals surface area contributed by atoms with E-state index in [0.29, 0.717) is 16.9 Å². The Morgan fingerprint density at radius 2 is 1.86 bits per heavy atom. The molecule has 1 aromatic carbocycles. The number of furan rings is 1. The van der Waals surface area contributed by atoms with E-state index in [-0.39, 0.29) is 12.4 Å². The molecule has 1 atom stereocenters. The molecule has 2 heterocycles. The molecule has 120 valence electrons. The highest BCUT2D eigenvalue weighted by molar-refractivity contribution is 5.85. The van der Waals surface area contributed by atoms with E-state index in [1.54, 1.807) is 31.4 Å². The summed E-state index contributed by atoms with van der Waals surface area (Å²) in [5, 5.41) is 3.26. The van der Waals surface area contributed by atoms with Gasteiger partial charge in [-0.15, -0.1) is 12.4 Å². The number of hydrogen-bond acceptors (Lipinski definition) is 3. The summed E-state index contributed by atoms with van der Waals surface area (Å²) in [4.78, 5) is 2.11. The van der Waals surface area contributed by atoms with Crippen molar-refractivity contribution in [2.24, 2.45) is 0 Å². The highest BCUT2D eigenvalue weighted by Crippen LogP contribution is 2.32. The number of piperazine rings is 1. The molecule has 1 aliphatic heterocycles. The summed E-state index contributed by atoms with van der Waals surface area (Å²) in [6.45, 7) is 4.75. The van der Waals surface area contributed by atoms with Crippen LogP contribution in [0.2, 0.25) is 0 Å². The fourth-order valence-electron chi connectivity index (χ4n) is 2.79. The third kappa shape index (κ3) is 3.16. The van der Waals surface area contributed by atoms with Crippen LogP contribution in [0.1, 0.15) is 22.9 Å². The largest absolute Gasteiger partial charge is 0.467 e. The summed E-state index contributed by atoms with van der Waals surface area (Å²) < 4.78 is 33.8. The number of nitrogens with zero attached hydrogens (tertiary/aromatic N) is 1. The van der Waals surface area contributed by atoms with Crippen LogP contribution >= 0.6 is 12.4 Å². The maximum atomic E-state index is 14.4. The van der Waals surface area contributed by atoms with Gasteiger partial charge in [-0.25, -0.2) is 8.78 Å². The van der Waals surface area contributed by atoms with Crippen LogP contribution in [0.5, 0.6) is 0 Å². The summed E-state index contributed by atoms with van der Waals surface area (Å²) in [7, 11) is 0. The normalized spacial score (nSPS) is 17.0. The molecule has 1 aliphatic rings. The lowest BCUT2D eigenvalue weighted by Crippen LogP contribution is -2.45. The predicted octanol–water partition coefficient (Wildman–Crippen LogP) is 3.28. The minimum absolute atomic E-state index is 0. The lowest BCUT2D eigenvalue weighted by Gasteiger charge is -2.34. The van der Waals surface area contributed by atoms with Gasteiger partial charge in [0.15, 0.2) is 11.6 Å². The highest BCUT2D eigenvalue weighted by Gasteiger charge is 2.29. The van der Waals surface area contributed by atoms with Gasteiger partial charge in [0, 0.05) is 31.7 Å². The number of hydrogen-bond donors (Lipinski definition) is 1. The average molecular weight is 329 g/mol. The van der Waals surface area contributed by atoms with Gasteiger partial charge in [0.2, 0.25) is 0 Å². The van der Waals surface area contributed by atoms with E-state index in [1.165, 1.54) is 0 Å². The lowest BCUT2D eigenvalue weighted by molar-refractivity contribution is 0.176. The molecule has 1 fully saturated rings. The Morgan fingerprint density at radius 3 is 2.50 bits per heavy atom. The molecule has 0 radical (unpaired) electrons. The Bertz CT molecular complexity index is 613. The molecular formula is C16H19ClF2N2O. The molecule has 3 nitrogen and oxygen atoms in total. The molecule has 1 saturated heterocycles. The third-order valence-electron chi connectivity index (χ3n) is 3.93. The van der Waals surface area contributed by atoms with Gasteiger partial charge in [-0.1, -0.05) is 12.1 Å². The van der Waals surface area contributed by atoms with Crippen LogP contribution < -0.4 is 5.32 Å². The zero-order chi connectivity index (χ0) is 14.8. The average Bonchev–Trinajstić information content (AvgIpc) is 3.03. The first-order valence-electron chi connectivity index (χ1n) is 7.11. The van der Waals surface area contributed by atoms with Crippen LogP contribution in [-0.4, -0.2) is 31.1 Å². The molecular weight excluding hydrogens is 310 g/mol. The van der Waals surface area contributed by atoms with Crippen molar-refractivity contribution in [3.05, 3.63) is 59.1 Å². The molecule has 0 spiro atoms. The minimum atomic E-state index is -0.782. The number of aryl methyl sites for hydroxylation is 1. The van der Waals surface area contributed by atoms with E-state index in [2.05, 4.69) is 10.2 Å². The van der Waals surface area contributed by atoms with Gasteiger partial charge in [0.25, 0.3) is 0 Å². The molecule has 0 amide bonds. The number of rotatable bonds is 3. The van der Waals surface area contributed by atoms with Crippen LogP contribution in [0.25, 0.3) is 0 Å². The quantitative estimate of drug-likeness (QED) is 0.937. The van der Waals surface area contributed by atoms with Gasteiger partial charge < -0.3 is 9.73 Å². The van der Waals surface area contributed by atoms with Crippen LogP contribution in [0, 0.1) is 18.6 Å². The van der Waals surface area contributed by atoms with Gasteiger partial charge >= 0.3 is 0 Å². The Balaban J connectivity index is 0.00000176. The van der Waals surface area contributed by atoms with Crippen LogP contribution in [-0.2, 0) is 0 Å². The maximum absolute atomic E-state index is 14.4. The number of benzene rings is 1. The summed E-state index contributed by atoms with van der Waals surface area (Å²) in [6.07, 6.45) is 1.56. The highest BCUT2D eigenvalue weighted by atomic mass is 35.5. The Morgan fingerprint density at radius 1 is 1.14 bits per heavy atom. The summed E-state index contributed by atoms with van der Waals surface area (Å²) in [5.41, 5.74) is 0.643. The van der Waals surface area contributed by atoms with E-state index in [9.17, 15) is 8.78 Å². The van der Waals surface area contributed by atoms with Gasteiger partial charge in [-0.2, -0.15) is 0 Å². The summed E-state index contributed by atoms with van der Waals surface area (Å²) in [6, 6.07) is 6.46. The number of nitrogens with one attached hydrogen (secondary N) is 1. The molecule has 0 unspecified atom stereocenters. The van der Waals surface area contributed by atoms with Gasteiger partial charge in [-0.3, -0.25) is 4.90 Å². The predicted molar refractivity (Wildman–Crippen MR) is 83.3 cm³/mol. The van der Waals surface area contributed by atoms with E-state index >= 15 is 0 Å². The van der Waals surface area contributed by atoms with E-state index in [4.69, 9.17) is 4.42 Å². The van der Waals surface area contributed by atoms with Crippen molar-refractivity contribution in [1.82, 2.24) is 10.2 Å². The Kier molecular flexibility index (Phi) is 5.56. The molecule has 0 aliphatic carbocycles.